The summed E-state index contributed by atoms with van der Waals surface area (Å²) in [7, 11) is 1.91. The second kappa shape index (κ2) is 7.48. The number of nitrogens with one attached hydrogen (secondary N) is 1. The molecule has 0 aliphatic rings. The van der Waals surface area contributed by atoms with E-state index in [1.165, 1.54) is 0 Å². The molecule has 0 bridgehead atoms. The quantitative estimate of drug-likeness (QED) is 0.567. The van der Waals surface area contributed by atoms with Crippen molar-refractivity contribution in [2.24, 2.45) is 7.05 Å². The highest BCUT2D eigenvalue weighted by Gasteiger charge is 2.11. The molecule has 0 fully saturated rings. The lowest BCUT2D eigenvalue weighted by atomic mass is 10.1. The molecule has 0 aliphatic heterocycles. The average molecular weight is 368 g/mol. The molecule has 5 nitrogen and oxygen atoms in total. The van der Waals surface area contributed by atoms with E-state index >= 15 is 0 Å². The Labute approximate surface area is 163 Å². The number of amides is 1. The summed E-state index contributed by atoms with van der Waals surface area (Å²) in [5.41, 5.74) is 5.54. The first-order valence-electron chi connectivity index (χ1n) is 9.04. The van der Waals surface area contributed by atoms with Gasteiger partial charge in [0.1, 0.15) is 5.82 Å². The van der Waals surface area contributed by atoms with Gasteiger partial charge in [0, 0.05) is 29.9 Å². The summed E-state index contributed by atoms with van der Waals surface area (Å²) in [5, 5.41) is 7.43. The lowest BCUT2D eigenvalue weighted by Gasteiger charge is -2.06. The van der Waals surface area contributed by atoms with Crippen molar-refractivity contribution in [3.05, 3.63) is 90.1 Å². The van der Waals surface area contributed by atoms with Crippen LogP contribution in [-0.2, 0) is 7.05 Å². The van der Waals surface area contributed by atoms with Crippen molar-refractivity contribution in [1.82, 2.24) is 14.8 Å². The van der Waals surface area contributed by atoms with Crippen LogP contribution in [0.3, 0.4) is 0 Å². The molecule has 2 aromatic heterocycles. The number of anilines is 1. The summed E-state index contributed by atoms with van der Waals surface area (Å²) < 4.78 is 1.84. The first-order valence-corrected chi connectivity index (χ1v) is 9.04. The highest BCUT2D eigenvalue weighted by molar-refractivity contribution is 6.03. The van der Waals surface area contributed by atoms with Crippen LogP contribution in [0.2, 0.25) is 0 Å². The van der Waals surface area contributed by atoms with Crippen LogP contribution in [0.5, 0.6) is 0 Å². The van der Waals surface area contributed by atoms with E-state index < -0.39 is 0 Å². The predicted octanol–water partition coefficient (Wildman–Crippen LogP) is 4.71. The van der Waals surface area contributed by atoms with Crippen LogP contribution in [-0.4, -0.2) is 20.7 Å². The van der Waals surface area contributed by atoms with Gasteiger partial charge in [0.2, 0.25) is 0 Å². The van der Waals surface area contributed by atoms with Gasteiger partial charge in [-0.05, 0) is 37.3 Å². The molecule has 4 rings (SSSR count). The van der Waals surface area contributed by atoms with Crippen LogP contribution in [0.15, 0.2) is 79.0 Å². The molecule has 138 valence electrons. The molecule has 0 saturated carbocycles. The van der Waals surface area contributed by atoms with Crippen molar-refractivity contribution < 1.29 is 4.79 Å². The summed E-state index contributed by atoms with van der Waals surface area (Å²) in [6, 6.07) is 23.3. The number of rotatable bonds is 4. The third-order valence-electron chi connectivity index (χ3n) is 4.53. The van der Waals surface area contributed by atoms with Crippen LogP contribution < -0.4 is 5.32 Å². The number of aryl methyl sites for hydroxylation is 2. The van der Waals surface area contributed by atoms with Crippen molar-refractivity contribution in [3.8, 4) is 22.5 Å². The van der Waals surface area contributed by atoms with E-state index in [0.717, 1.165) is 28.1 Å². The molecule has 0 unspecified atom stereocenters. The Morgan fingerprint density at radius 1 is 0.929 bits per heavy atom. The van der Waals surface area contributed by atoms with E-state index in [1.54, 1.807) is 18.3 Å². The third kappa shape index (κ3) is 3.69. The number of hydrogen-bond donors (Lipinski definition) is 1. The summed E-state index contributed by atoms with van der Waals surface area (Å²) in [6.45, 7) is 1.96. The number of carbonyl (C=O) groups excluding carboxylic acids is 1. The number of hydrogen-bond acceptors (Lipinski definition) is 3. The zero-order chi connectivity index (χ0) is 19.5. The summed E-state index contributed by atoms with van der Waals surface area (Å²) in [5.74, 6) is 0.344. The molecule has 1 N–H and O–H groups in total. The molecule has 5 heteroatoms. The van der Waals surface area contributed by atoms with Gasteiger partial charge in [0.15, 0.2) is 0 Å². The Kier molecular flexibility index (Phi) is 4.72. The smallest absolute Gasteiger partial charge is 0.256 e. The summed E-state index contributed by atoms with van der Waals surface area (Å²) in [6.07, 6.45) is 1.75. The largest absolute Gasteiger partial charge is 0.307 e. The van der Waals surface area contributed by atoms with Crippen LogP contribution in [0.25, 0.3) is 22.5 Å². The Balaban J connectivity index is 1.54. The monoisotopic (exact) mass is 368 g/mol. The highest BCUT2D eigenvalue weighted by Crippen LogP contribution is 2.25. The fourth-order valence-electron chi connectivity index (χ4n) is 3.08. The second-order valence-corrected chi connectivity index (χ2v) is 6.66. The van der Waals surface area contributed by atoms with Crippen LogP contribution in [0.4, 0.5) is 5.82 Å². The molecular formula is C23H20N4O. The van der Waals surface area contributed by atoms with E-state index in [4.69, 9.17) is 0 Å². The van der Waals surface area contributed by atoms with Crippen molar-refractivity contribution in [2.45, 2.75) is 6.92 Å². The molecule has 2 aromatic carbocycles. The number of carbonyl (C=O) groups is 1. The van der Waals surface area contributed by atoms with Crippen LogP contribution in [0, 0.1) is 6.92 Å². The Bertz CT molecular complexity index is 1120. The second-order valence-electron chi connectivity index (χ2n) is 6.66. The number of nitrogens with zero attached hydrogens (tertiary/aromatic N) is 3. The van der Waals surface area contributed by atoms with Crippen molar-refractivity contribution >= 4 is 11.7 Å². The summed E-state index contributed by atoms with van der Waals surface area (Å²) in [4.78, 5) is 16.8. The zero-order valence-corrected chi connectivity index (χ0v) is 15.8. The molecule has 2 heterocycles. The molecule has 0 atom stereocenters. The fourth-order valence-corrected chi connectivity index (χ4v) is 3.08. The van der Waals surface area contributed by atoms with Crippen molar-refractivity contribution in [3.63, 3.8) is 0 Å². The number of benzene rings is 2. The third-order valence-corrected chi connectivity index (χ3v) is 4.53. The maximum absolute atomic E-state index is 12.4. The van der Waals surface area contributed by atoms with Crippen LogP contribution >= 0.6 is 0 Å². The van der Waals surface area contributed by atoms with E-state index in [9.17, 15) is 4.79 Å². The van der Waals surface area contributed by atoms with Crippen LogP contribution in [0.1, 0.15) is 15.9 Å². The SMILES string of the molecule is Cc1cccc(C(=O)Nc2ccc(-c3cc(-c4ccccc4)nn3C)cn2)c1. The van der Waals surface area contributed by atoms with E-state index in [-0.39, 0.29) is 5.91 Å². The van der Waals surface area contributed by atoms with E-state index in [1.807, 2.05) is 79.3 Å². The Morgan fingerprint density at radius 3 is 2.46 bits per heavy atom. The molecule has 0 spiro atoms. The summed E-state index contributed by atoms with van der Waals surface area (Å²) >= 11 is 0. The van der Waals surface area contributed by atoms with Gasteiger partial charge >= 0.3 is 0 Å². The topological polar surface area (TPSA) is 59.8 Å². The maximum atomic E-state index is 12.4. The molecule has 1 amide bonds. The minimum absolute atomic E-state index is 0.171. The van der Waals surface area contributed by atoms with Gasteiger partial charge in [-0.15, -0.1) is 0 Å². The van der Waals surface area contributed by atoms with E-state index in [2.05, 4.69) is 15.4 Å². The lowest BCUT2D eigenvalue weighted by Crippen LogP contribution is -2.12. The van der Waals surface area contributed by atoms with E-state index in [0.29, 0.717) is 11.4 Å². The maximum Gasteiger partial charge on any atom is 0.256 e. The Hall–Kier alpha value is -3.73. The molecular weight excluding hydrogens is 348 g/mol. The van der Waals surface area contributed by atoms with Gasteiger partial charge < -0.3 is 5.32 Å². The normalized spacial score (nSPS) is 10.6. The number of pyridine rings is 1. The van der Waals surface area contributed by atoms with Gasteiger partial charge in [-0.25, -0.2) is 4.98 Å². The van der Waals surface area contributed by atoms with Gasteiger partial charge in [0.05, 0.1) is 11.4 Å². The minimum atomic E-state index is -0.171. The first-order chi connectivity index (χ1) is 13.6. The predicted molar refractivity (Wildman–Crippen MR) is 111 cm³/mol. The molecule has 28 heavy (non-hydrogen) atoms. The van der Waals surface area contributed by atoms with Gasteiger partial charge in [-0.2, -0.15) is 5.10 Å². The van der Waals surface area contributed by atoms with Crippen molar-refractivity contribution in [1.29, 1.82) is 0 Å². The molecule has 0 saturated heterocycles. The fraction of sp³-hybridized carbons (Fsp3) is 0.0870. The highest BCUT2D eigenvalue weighted by atomic mass is 16.1. The minimum Gasteiger partial charge on any atom is -0.307 e. The Morgan fingerprint density at radius 2 is 1.75 bits per heavy atom. The molecule has 4 aromatic rings. The van der Waals surface area contributed by atoms with Gasteiger partial charge in [-0.3, -0.25) is 9.48 Å². The standard InChI is InChI=1S/C23H20N4O/c1-16-7-6-10-18(13-16)23(28)25-22-12-11-19(15-24-22)21-14-20(26-27(21)2)17-8-4-3-5-9-17/h3-15H,1-2H3,(H,24,25,28). The zero-order valence-electron chi connectivity index (χ0n) is 15.8. The molecule has 0 radical (unpaired) electrons. The molecule has 0 aliphatic carbocycles. The van der Waals surface area contributed by atoms with Gasteiger partial charge in [-0.1, -0.05) is 48.0 Å². The number of aromatic nitrogens is 3. The van der Waals surface area contributed by atoms with Gasteiger partial charge in [0.25, 0.3) is 5.91 Å². The lowest BCUT2D eigenvalue weighted by molar-refractivity contribution is 0.102. The average Bonchev–Trinajstić information content (AvgIpc) is 3.11. The first kappa shape index (κ1) is 17.7. The van der Waals surface area contributed by atoms with Crippen molar-refractivity contribution in [2.75, 3.05) is 5.32 Å².